The van der Waals surface area contributed by atoms with Gasteiger partial charge >= 0.3 is 0 Å². The first-order valence-corrected chi connectivity index (χ1v) is 6.51. The molecule has 1 fully saturated rings. The van der Waals surface area contributed by atoms with Gasteiger partial charge in [0.05, 0.1) is 17.0 Å². The van der Waals surface area contributed by atoms with E-state index in [2.05, 4.69) is 10.3 Å². The third-order valence-electron chi connectivity index (χ3n) is 3.38. The van der Waals surface area contributed by atoms with Gasteiger partial charge in [0, 0.05) is 12.2 Å². The average molecular weight is 251 g/mol. The summed E-state index contributed by atoms with van der Waals surface area (Å²) in [5, 5.41) is 4.69. The highest BCUT2D eigenvalue weighted by molar-refractivity contribution is 6.21. The van der Waals surface area contributed by atoms with Gasteiger partial charge in [-0.15, -0.1) is 11.6 Å². The summed E-state index contributed by atoms with van der Waals surface area (Å²) in [6.07, 6.45) is 8.12. The van der Waals surface area contributed by atoms with E-state index in [0.29, 0.717) is 6.04 Å². The zero-order valence-electron chi connectivity index (χ0n) is 9.53. The molecule has 2 atom stereocenters. The van der Waals surface area contributed by atoms with Crippen molar-refractivity contribution < 1.29 is 4.42 Å². The lowest BCUT2D eigenvalue weighted by molar-refractivity contribution is 0.469. The highest BCUT2D eigenvalue weighted by atomic mass is 35.5. The van der Waals surface area contributed by atoms with E-state index in [-0.39, 0.29) is 5.38 Å². The van der Waals surface area contributed by atoms with Crippen LogP contribution in [0.4, 0.5) is 5.82 Å². The van der Waals surface area contributed by atoms with Crippen LogP contribution < -0.4 is 5.32 Å². The second kappa shape index (κ2) is 4.57. The van der Waals surface area contributed by atoms with Crippen LogP contribution in [-0.2, 0) is 0 Å². The number of anilines is 1. The molecular weight excluding hydrogens is 236 g/mol. The van der Waals surface area contributed by atoms with Crippen LogP contribution in [0.2, 0.25) is 0 Å². The molecule has 1 N–H and O–H groups in total. The molecule has 90 valence electrons. The van der Waals surface area contributed by atoms with Crippen LogP contribution in [-0.4, -0.2) is 16.4 Å². The van der Waals surface area contributed by atoms with Crippen molar-refractivity contribution in [2.24, 2.45) is 0 Å². The van der Waals surface area contributed by atoms with E-state index in [4.69, 9.17) is 16.0 Å². The molecule has 0 spiro atoms. The van der Waals surface area contributed by atoms with Crippen molar-refractivity contribution in [1.82, 2.24) is 4.98 Å². The second-order valence-electron chi connectivity index (χ2n) is 4.54. The monoisotopic (exact) mass is 250 g/mol. The molecule has 0 saturated heterocycles. The molecule has 3 rings (SSSR count). The topological polar surface area (TPSA) is 38.1 Å². The molecule has 3 nitrogen and oxygen atoms in total. The molecule has 1 saturated carbocycles. The van der Waals surface area contributed by atoms with E-state index in [0.717, 1.165) is 29.6 Å². The van der Waals surface area contributed by atoms with Crippen molar-refractivity contribution in [3.05, 3.63) is 24.6 Å². The molecule has 0 radical (unpaired) electrons. The largest absolute Gasteiger partial charge is 0.464 e. The van der Waals surface area contributed by atoms with Gasteiger partial charge in [0.2, 0.25) is 0 Å². The molecule has 1 aliphatic carbocycles. The minimum Gasteiger partial charge on any atom is -0.464 e. The van der Waals surface area contributed by atoms with E-state index in [1.54, 1.807) is 12.5 Å². The molecule has 17 heavy (non-hydrogen) atoms. The maximum Gasteiger partial charge on any atom is 0.139 e. The Balaban J connectivity index is 1.86. The van der Waals surface area contributed by atoms with Gasteiger partial charge in [0.25, 0.3) is 0 Å². The lowest BCUT2D eigenvalue weighted by Gasteiger charge is -2.28. The Morgan fingerprint density at radius 1 is 1.29 bits per heavy atom. The lowest BCUT2D eigenvalue weighted by atomic mass is 9.95. The molecule has 2 unspecified atom stereocenters. The third-order valence-corrected chi connectivity index (χ3v) is 3.91. The molecule has 4 heteroatoms. The van der Waals surface area contributed by atoms with E-state index in [1.165, 1.54) is 12.8 Å². The summed E-state index contributed by atoms with van der Waals surface area (Å²) < 4.78 is 5.36. The van der Waals surface area contributed by atoms with Gasteiger partial charge in [-0.05, 0) is 25.0 Å². The molecular formula is C13H15ClN2O. The number of nitrogens with one attached hydrogen (secondary N) is 1. The van der Waals surface area contributed by atoms with Crippen molar-refractivity contribution in [2.45, 2.75) is 37.1 Å². The zero-order chi connectivity index (χ0) is 11.7. The number of fused-ring (bicyclic) bond motifs is 1. The van der Waals surface area contributed by atoms with Gasteiger partial charge in [-0.3, -0.25) is 0 Å². The maximum absolute atomic E-state index is 6.34. The summed E-state index contributed by atoms with van der Waals surface area (Å²) >= 11 is 6.34. The molecule has 2 heterocycles. The van der Waals surface area contributed by atoms with Crippen LogP contribution in [0.15, 0.2) is 29.0 Å². The molecule has 1 aliphatic rings. The number of halogens is 1. The van der Waals surface area contributed by atoms with E-state index in [9.17, 15) is 0 Å². The summed E-state index contributed by atoms with van der Waals surface area (Å²) in [5.41, 5.74) is 0.865. The Kier molecular flexibility index (Phi) is 2.93. The fourth-order valence-corrected chi connectivity index (χ4v) is 2.78. The number of aromatic nitrogens is 1. The van der Waals surface area contributed by atoms with Crippen molar-refractivity contribution >= 4 is 28.4 Å². The number of alkyl halides is 1. The number of hydrogen-bond acceptors (Lipinski definition) is 3. The Labute approximate surface area is 105 Å². The molecule has 2 aromatic heterocycles. The average Bonchev–Trinajstić information content (AvgIpc) is 2.81. The van der Waals surface area contributed by atoms with Crippen LogP contribution in [0.1, 0.15) is 25.7 Å². The molecule has 2 aromatic rings. The lowest BCUT2D eigenvalue weighted by Crippen LogP contribution is -2.33. The first-order chi connectivity index (χ1) is 8.34. The predicted molar refractivity (Wildman–Crippen MR) is 69.5 cm³/mol. The summed E-state index contributed by atoms with van der Waals surface area (Å²) in [6.45, 7) is 0. The first-order valence-electron chi connectivity index (χ1n) is 6.07. The minimum absolute atomic E-state index is 0.202. The molecule has 0 aliphatic heterocycles. The Bertz CT molecular complexity index is 511. The van der Waals surface area contributed by atoms with Gasteiger partial charge in [-0.2, -0.15) is 0 Å². The predicted octanol–water partition coefficient (Wildman–Crippen LogP) is 3.79. The number of pyridine rings is 1. The van der Waals surface area contributed by atoms with Crippen LogP contribution in [0, 0.1) is 0 Å². The number of furan rings is 1. The SMILES string of the molecule is ClC1CCCCC1Nc1nccc2occc12. The zero-order valence-corrected chi connectivity index (χ0v) is 10.3. The number of nitrogens with zero attached hydrogens (tertiary/aromatic N) is 1. The second-order valence-corrected chi connectivity index (χ2v) is 5.10. The van der Waals surface area contributed by atoms with E-state index < -0.39 is 0 Å². The van der Waals surface area contributed by atoms with Gasteiger partial charge in [0.15, 0.2) is 0 Å². The maximum atomic E-state index is 6.34. The summed E-state index contributed by atoms with van der Waals surface area (Å²) in [7, 11) is 0. The van der Waals surface area contributed by atoms with Crippen molar-refractivity contribution in [3.8, 4) is 0 Å². The third kappa shape index (κ3) is 2.12. The molecule has 0 aromatic carbocycles. The van der Waals surface area contributed by atoms with Gasteiger partial charge in [-0.25, -0.2) is 4.98 Å². The van der Waals surface area contributed by atoms with Gasteiger partial charge in [-0.1, -0.05) is 12.8 Å². The van der Waals surface area contributed by atoms with Crippen molar-refractivity contribution in [2.75, 3.05) is 5.32 Å². The van der Waals surface area contributed by atoms with Crippen LogP contribution >= 0.6 is 11.6 Å². The Morgan fingerprint density at radius 2 is 2.18 bits per heavy atom. The smallest absolute Gasteiger partial charge is 0.139 e. The standard InChI is InChI=1S/C13H15ClN2O/c14-10-3-1-2-4-11(10)16-13-9-6-8-17-12(9)5-7-15-13/h5-8,10-11H,1-4H2,(H,15,16). The van der Waals surface area contributed by atoms with Crippen molar-refractivity contribution in [3.63, 3.8) is 0 Å². The number of rotatable bonds is 2. The van der Waals surface area contributed by atoms with Gasteiger partial charge < -0.3 is 9.73 Å². The Hall–Kier alpha value is -1.22. The first kappa shape index (κ1) is 10.9. The minimum atomic E-state index is 0.202. The van der Waals surface area contributed by atoms with Crippen molar-refractivity contribution in [1.29, 1.82) is 0 Å². The quantitative estimate of drug-likeness (QED) is 0.824. The summed E-state index contributed by atoms with van der Waals surface area (Å²) in [4.78, 5) is 4.38. The van der Waals surface area contributed by atoms with Crippen LogP contribution in [0.25, 0.3) is 11.0 Å². The highest BCUT2D eigenvalue weighted by Crippen LogP contribution is 2.28. The highest BCUT2D eigenvalue weighted by Gasteiger charge is 2.23. The number of hydrogen-bond donors (Lipinski definition) is 1. The van der Waals surface area contributed by atoms with Gasteiger partial charge in [0.1, 0.15) is 11.4 Å². The van der Waals surface area contributed by atoms with Crippen LogP contribution in [0.5, 0.6) is 0 Å². The van der Waals surface area contributed by atoms with E-state index >= 15 is 0 Å². The molecule has 0 amide bonds. The molecule has 0 bridgehead atoms. The summed E-state index contributed by atoms with van der Waals surface area (Å²) in [6, 6.07) is 4.13. The van der Waals surface area contributed by atoms with E-state index in [1.807, 2.05) is 12.1 Å². The summed E-state index contributed by atoms with van der Waals surface area (Å²) in [5.74, 6) is 0.883. The fraction of sp³-hybridized carbons (Fsp3) is 0.462. The van der Waals surface area contributed by atoms with Crippen LogP contribution in [0.3, 0.4) is 0 Å². The fourth-order valence-electron chi connectivity index (χ4n) is 2.43. The Morgan fingerprint density at radius 3 is 3.06 bits per heavy atom. The normalized spacial score (nSPS) is 25.0.